The maximum Gasteiger partial charge on any atom is 0.107 e. The highest BCUT2D eigenvalue weighted by molar-refractivity contribution is 7.09. The normalized spacial score (nSPS) is 35.9. The Morgan fingerprint density at radius 3 is 3.27 bits per heavy atom. The van der Waals surface area contributed by atoms with Crippen molar-refractivity contribution in [3.63, 3.8) is 0 Å². The van der Waals surface area contributed by atoms with E-state index < -0.39 is 0 Å². The Bertz CT molecular complexity index is 313. The highest BCUT2D eigenvalue weighted by Crippen LogP contribution is 2.33. The fourth-order valence-electron chi connectivity index (χ4n) is 2.74. The molecule has 1 aromatic rings. The molecule has 0 aliphatic carbocycles. The molecule has 2 aliphatic rings. The zero-order valence-corrected chi connectivity index (χ0v) is 9.74. The highest BCUT2D eigenvalue weighted by Gasteiger charge is 2.40. The number of fused-ring (bicyclic) bond motifs is 1. The number of thiazole rings is 1. The monoisotopic (exact) mass is 224 g/mol. The van der Waals surface area contributed by atoms with Crippen LogP contribution in [0.25, 0.3) is 0 Å². The summed E-state index contributed by atoms with van der Waals surface area (Å²) in [5.41, 5.74) is 0. The van der Waals surface area contributed by atoms with Crippen LogP contribution >= 0.6 is 11.3 Å². The third-order valence-electron chi connectivity index (χ3n) is 3.34. The van der Waals surface area contributed by atoms with Gasteiger partial charge in [-0.15, -0.1) is 11.3 Å². The van der Waals surface area contributed by atoms with E-state index in [1.807, 2.05) is 11.6 Å². The standard InChI is InChI=1S/C11H16N2OS/c1-8-4-9-5-13(6-10(9)14-8)7-11-12-2-3-15-11/h2-3,8-10H,4-7H2,1H3/t8-,9+,10-/m1/s1. The average molecular weight is 224 g/mol. The maximum atomic E-state index is 5.88. The van der Waals surface area contributed by atoms with Crippen LogP contribution in [-0.4, -0.2) is 35.2 Å². The summed E-state index contributed by atoms with van der Waals surface area (Å²) in [6.07, 6.45) is 4.08. The molecule has 0 aromatic carbocycles. The van der Waals surface area contributed by atoms with Gasteiger partial charge in [0.05, 0.1) is 18.8 Å². The van der Waals surface area contributed by atoms with Gasteiger partial charge in [-0.25, -0.2) is 4.98 Å². The lowest BCUT2D eigenvalue weighted by molar-refractivity contribution is 0.0478. The number of hydrogen-bond donors (Lipinski definition) is 0. The van der Waals surface area contributed by atoms with Gasteiger partial charge in [0.2, 0.25) is 0 Å². The zero-order valence-electron chi connectivity index (χ0n) is 8.93. The van der Waals surface area contributed by atoms with Gasteiger partial charge < -0.3 is 4.74 Å². The van der Waals surface area contributed by atoms with Crippen molar-refractivity contribution in [1.29, 1.82) is 0 Å². The Balaban J connectivity index is 1.59. The summed E-state index contributed by atoms with van der Waals surface area (Å²) in [7, 11) is 0. The van der Waals surface area contributed by atoms with E-state index in [1.165, 1.54) is 18.0 Å². The zero-order chi connectivity index (χ0) is 10.3. The Labute approximate surface area is 94.1 Å². The van der Waals surface area contributed by atoms with Gasteiger partial charge in [0.15, 0.2) is 0 Å². The second-order valence-electron chi connectivity index (χ2n) is 4.60. The summed E-state index contributed by atoms with van der Waals surface area (Å²) in [5.74, 6) is 0.764. The van der Waals surface area contributed by atoms with E-state index in [1.54, 1.807) is 11.3 Å². The predicted molar refractivity (Wildman–Crippen MR) is 59.8 cm³/mol. The van der Waals surface area contributed by atoms with Crippen LogP contribution in [0.5, 0.6) is 0 Å². The number of nitrogens with zero attached hydrogens (tertiary/aromatic N) is 2. The minimum atomic E-state index is 0.474. The van der Waals surface area contributed by atoms with Gasteiger partial charge in [-0.3, -0.25) is 4.90 Å². The highest BCUT2D eigenvalue weighted by atomic mass is 32.1. The molecule has 1 aromatic heterocycles. The molecule has 0 unspecified atom stereocenters. The molecule has 82 valence electrons. The van der Waals surface area contributed by atoms with Crippen molar-refractivity contribution in [2.45, 2.75) is 32.1 Å². The lowest BCUT2D eigenvalue weighted by Gasteiger charge is -2.16. The number of likely N-dealkylation sites (tertiary alicyclic amines) is 1. The maximum absolute atomic E-state index is 5.88. The molecule has 2 aliphatic heterocycles. The van der Waals surface area contributed by atoms with E-state index in [0.29, 0.717) is 12.2 Å². The second-order valence-corrected chi connectivity index (χ2v) is 5.58. The van der Waals surface area contributed by atoms with E-state index in [9.17, 15) is 0 Å². The second kappa shape index (κ2) is 3.85. The van der Waals surface area contributed by atoms with E-state index in [0.717, 1.165) is 19.0 Å². The molecule has 4 heteroatoms. The van der Waals surface area contributed by atoms with Crippen LogP contribution in [-0.2, 0) is 11.3 Å². The minimum Gasteiger partial charge on any atom is -0.374 e. The van der Waals surface area contributed by atoms with Crippen LogP contribution in [0.2, 0.25) is 0 Å². The van der Waals surface area contributed by atoms with Crippen LogP contribution in [0.4, 0.5) is 0 Å². The summed E-state index contributed by atoms with van der Waals surface area (Å²) in [6.45, 7) is 5.47. The van der Waals surface area contributed by atoms with Crippen molar-refractivity contribution in [3.05, 3.63) is 16.6 Å². The lowest BCUT2D eigenvalue weighted by Crippen LogP contribution is -2.23. The fraction of sp³-hybridized carbons (Fsp3) is 0.727. The third-order valence-corrected chi connectivity index (χ3v) is 4.11. The molecule has 15 heavy (non-hydrogen) atoms. The van der Waals surface area contributed by atoms with Crippen molar-refractivity contribution in [2.24, 2.45) is 5.92 Å². The topological polar surface area (TPSA) is 25.4 Å². The molecule has 3 heterocycles. The average Bonchev–Trinajstić information content (AvgIpc) is 2.81. The fourth-order valence-corrected chi connectivity index (χ4v) is 3.40. The van der Waals surface area contributed by atoms with E-state index in [2.05, 4.69) is 16.8 Å². The number of ether oxygens (including phenoxy) is 1. The van der Waals surface area contributed by atoms with Gasteiger partial charge in [0, 0.05) is 30.6 Å². The first-order chi connectivity index (χ1) is 7.31. The van der Waals surface area contributed by atoms with Crippen LogP contribution in [0.3, 0.4) is 0 Å². The van der Waals surface area contributed by atoms with Gasteiger partial charge in [0.1, 0.15) is 5.01 Å². The summed E-state index contributed by atoms with van der Waals surface area (Å²) in [5, 5.41) is 3.27. The van der Waals surface area contributed by atoms with Crippen molar-refractivity contribution in [1.82, 2.24) is 9.88 Å². The van der Waals surface area contributed by atoms with Crippen molar-refractivity contribution >= 4 is 11.3 Å². The van der Waals surface area contributed by atoms with Crippen LogP contribution in [0.15, 0.2) is 11.6 Å². The van der Waals surface area contributed by atoms with Crippen LogP contribution in [0.1, 0.15) is 18.4 Å². The number of aromatic nitrogens is 1. The molecule has 3 rings (SSSR count). The van der Waals surface area contributed by atoms with Gasteiger partial charge in [-0.1, -0.05) is 0 Å². The Morgan fingerprint density at radius 1 is 1.60 bits per heavy atom. The molecule has 0 radical (unpaired) electrons. The molecular formula is C11H16N2OS. The molecule has 0 spiro atoms. The first-order valence-electron chi connectivity index (χ1n) is 5.57. The number of rotatable bonds is 2. The quantitative estimate of drug-likeness (QED) is 0.765. The van der Waals surface area contributed by atoms with Crippen LogP contribution in [0, 0.1) is 5.92 Å². The third kappa shape index (κ3) is 1.94. The Hall–Kier alpha value is -0.450. The summed E-state index contributed by atoms with van der Waals surface area (Å²) in [4.78, 5) is 6.80. The first kappa shape index (κ1) is 9.75. The van der Waals surface area contributed by atoms with Gasteiger partial charge in [-0.05, 0) is 13.3 Å². The Morgan fingerprint density at radius 2 is 2.53 bits per heavy atom. The Kier molecular flexibility index (Phi) is 2.50. The van der Waals surface area contributed by atoms with Gasteiger partial charge in [-0.2, -0.15) is 0 Å². The van der Waals surface area contributed by atoms with Crippen molar-refractivity contribution in [2.75, 3.05) is 13.1 Å². The number of hydrogen-bond acceptors (Lipinski definition) is 4. The summed E-state index contributed by atoms with van der Waals surface area (Å²) < 4.78 is 5.88. The largest absolute Gasteiger partial charge is 0.374 e. The van der Waals surface area contributed by atoms with Crippen molar-refractivity contribution in [3.8, 4) is 0 Å². The first-order valence-corrected chi connectivity index (χ1v) is 6.45. The summed E-state index contributed by atoms with van der Waals surface area (Å²) in [6, 6.07) is 0. The molecule has 3 atom stereocenters. The summed E-state index contributed by atoms with van der Waals surface area (Å²) >= 11 is 1.74. The van der Waals surface area contributed by atoms with Crippen LogP contribution < -0.4 is 0 Å². The van der Waals surface area contributed by atoms with Crippen molar-refractivity contribution < 1.29 is 4.74 Å². The van der Waals surface area contributed by atoms with Gasteiger partial charge >= 0.3 is 0 Å². The lowest BCUT2D eigenvalue weighted by atomic mass is 10.0. The molecular weight excluding hydrogens is 208 g/mol. The van der Waals surface area contributed by atoms with E-state index >= 15 is 0 Å². The van der Waals surface area contributed by atoms with Gasteiger partial charge in [0.25, 0.3) is 0 Å². The molecule has 2 saturated heterocycles. The molecule has 0 amide bonds. The molecule has 0 N–H and O–H groups in total. The minimum absolute atomic E-state index is 0.474. The molecule has 2 fully saturated rings. The van der Waals surface area contributed by atoms with E-state index in [4.69, 9.17) is 4.74 Å². The SMILES string of the molecule is C[C@@H]1C[C@H]2CN(Cc3nccs3)C[C@H]2O1. The molecule has 0 bridgehead atoms. The molecule has 0 saturated carbocycles. The molecule has 3 nitrogen and oxygen atoms in total. The van der Waals surface area contributed by atoms with E-state index in [-0.39, 0.29) is 0 Å². The smallest absolute Gasteiger partial charge is 0.107 e. The predicted octanol–water partition coefficient (Wildman–Crippen LogP) is 1.75.